The first-order valence-corrected chi connectivity index (χ1v) is 4.69. The number of thiol groups is 1. The largest absolute Gasteiger partial charge is 0.365 e. The van der Waals surface area contributed by atoms with E-state index < -0.39 is 0 Å². The molecule has 0 aliphatic rings. The molecule has 0 radical (unpaired) electrons. The highest BCUT2D eigenvalue weighted by Crippen LogP contribution is 2.15. The zero-order chi connectivity index (χ0) is 11.4. The van der Waals surface area contributed by atoms with Gasteiger partial charge >= 0.3 is 0 Å². The lowest BCUT2D eigenvalue weighted by molar-refractivity contribution is 0.881. The highest BCUT2D eigenvalue weighted by Gasteiger charge is 1.98. The molecule has 3 rings (SSSR count). The quantitative estimate of drug-likeness (QED) is 0.408. The lowest BCUT2D eigenvalue weighted by Gasteiger charge is -1.87. The van der Waals surface area contributed by atoms with Crippen LogP contribution >= 0.6 is 12.6 Å². The Kier molecular flexibility index (Phi) is 2.96. The van der Waals surface area contributed by atoms with Crippen molar-refractivity contribution < 1.29 is 0 Å². The van der Waals surface area contributed by atoms with E-state index >= 15 is 0 Å². The van der Waals surface area contributed by atoms with E-state index in [-0.39, 0.29) is 5.95 Å². The van der Waals surface area contributed by atoms with Crippen LogP contribution in [0, 0.1) is 0 Å². The van der Waals surface area contributed by atoms with Crippen molar-refractivity contribution in [1.82, 2.24) is 36.0 Å². The molecule has 0 bridgehead atoms. The molecule has 2 heterocycles. The fraction of sp³-hybridized carbons (Fsp3) is 0. The van der Waals surface area contributed by atoms with E-state index in [0.717, 1.165) is 15.9 Å². The zero-order valence-electron chi connectivity index (χ0n) is 7.99. The first kappa shape index (κ1) is 10.4. The number of nitrogens with zero attached hydrogens (tertiary/aromatic N) is 5. The molecule has 3 aromatic rings. The molecule has 9 heteroatoms. The third-order valence-electron chi connectivity index (χ3n) is 1.69. The minimum atomic E-state index is 0.176. The van der Waals surface area contributed by atoms with E-state index in [1.54, 1.807) is 0 Å². The van der Waals surface area contributed by atoms with E-state index in [0.29, 0.717) is 0 Å². The summed E-state index contributed by atoms with van der Waals surface area (Å²) in [6, 6.07) is 5.67. The molecule has 0 amide bonds. The van der Waals surface area contributed by atoms with Crippen LogP contribution in [0.4, 0.5) is 5.95 Å². The van der Waals surface area contributed by atoms with E-state index in [1.807, 2.05) is 18.2 Å². The van der Waals surface area contributed by atoms with Crippen molar-refractivity contribution in [2.24, 2.45) is 0 Å². The molecule has 0 unspecified atom stereocenters. The molecular formula is C7H8N8S. The van der Waals surface area contributed by atoms with E-state index in [1.165, 1.54) is 0 Å². The minimum Gasteiger partial charge on any atom is -0.365 e. The Bertz CT molecular complexity index is 559. The van der Waals surface area contributed by atoms with Gasteiger partial charge in [0.15, 0.2) is 0 Å². The second-order valence-corrected chi connectivity index (χ2v) is 3.22. The first-order chi connectivity index (χ1) is 7.77. The smallest absolute Gasteiger partial charge is 0.260 e. The van der Waals surface area contributed by atoms with Crippen LogP contribution in [0.3, 0.4) is 0 Å². The molecule has 0 saturated heterocycles. The van der Waals surface area contributed by atoms with Crippen LogP contribution in [0.15, 0.2) is 23.1 Å². The van der Waals surface area contributed by atoms with Crippen LogP contribution in [-0.4, -0.2) is 36.0 Å². The van der Waals surface area contributed by atoms with Crippen molar-refractivity contribution in [2.75, 3.05) is 5.73 Å². The van der Waals surface area contributed by atoms with Crippen molar-refractivity contribution in [3.05, 3.63) is 18.2 Å². The Morgan fingerprint density at radius 3 is 2.56 bits per heavy atom. The highest BCUT2D eigenvalue weighted by molar-refractivity contribution is 7.80. The van der Waals surface area contributed by atoms with Crippen LogP contribution in [-0.2, 0) is 0 Å². The summed E-state index contributed by atoms with van der Waals surface area (Å²) in [7, 11) is 0. The van der Waals surface area contributed by atoms with Gasteiger partial charge in [-0.15, -0.1) is 17.7 Å². The van der Waals surface area contributed by atoms with Gasteiger partial charge in [-0.3, -0.25) is 0 Å². The summed E-state index contributed by atoms with van der Waals surface area (Å²) in [5.41, 5.74) is 6.64. The second-order valence-electron chi connectivity index (χ2n) is 2.74. The Morgan fingerprint density at radius 1 is 1.12 bits per heavy atom. The summed E-state index contributed by atoms with van der Waals surface area (Å²) in [6.07, 6.45) is 0. The Labute approximate surface area is 95.0 Å². The number of aromatic nitrogens is 7. The van der Waals surface area contributed by atoms with Gasteiger partial charge in [0.2, 0.25) is 0 Å². The maximum atomic E-state index is 4.96. The number of rotatable bonds is 0. The minimum absolute atomic E-state index is 0.176. The lowest BCUT2D eigenvalue weighted by Crippen LogP contribution is -1.84. The number of nitrogens with two attached hydrogens (primary N) is 1. The molecule has 0 saturated carbocycles. The van der Waals surface area contributed by atoms with Crippen LogP contribution in [0.25, 0.3) is 11.0 Å². The SMILES string of the molecule is Nc1nn[nH]n1.Sc1cccc2n[nH]nc12. The maximum Gasteiger partial charge on any atom is 0.260 e. The van der Waals surface area contributed by atoms with Crippen molar-refractivity contribution in [1.29, 1.82) is 0 Å². The summed E-state index contributed by atoms with van der Waals surface area (Å²) in [5, 5.41) is 22.4. The number of nitrogen functional groups attached to an aromatic ring is 1. The van der Waals surface area contributed by atoms with Crippen LogP contribution in [0.2, 0.25) is 0 Å². The van der Waals surface area contributed by atoms with Crippen LogP contribution in [0.5, 0.6) is 0 Å². The maximum absolute atomic E-state index is 4.96. The number of aromatic amines is 2. The molecule has 4 N–H and O–H groups in total. The van der Waals surface area contributed by atoms with Gasteiger partial charge in [-0.05, 0) is 17.3 Å². The van der Waals surface area contributed by atoms with Crippen molar-refractivity contribution in [3.8, 4) is 0 Å². The second kappa shape index (κ2) is 4.57. The normalized spacial score (nSPS) is 9.81. The fourth-order valence-corrected chi connectivity index (χ4v) is 1.27. The van der Waals surface area contributed by atoms with Gasteiger partial charge in [0.25, 0.3) is 5.95 Å². The van der Waals surface area contributed by atoms with Crippen LogP contribution < -0.4 is 5.73 Å². The number of benzene rings is 1. The number of fused-ring (bicyclic) bond motifs is 1. The molecule has 0 fully saturated rings. The molecule has 82 valence electrons. The number of para-hydroxylation sites is 1. The number of anilines is 1. The van der Waals surface area contributed by atoms with Gasteiger partial charge in [-0.1, -0.05) is 11.2 Å². The highest BCUT2D eigenvalue weighted by atomic mass is 32.1. The van der Waals surface area contributed by atoms with Gasteiger partial charge in [0.1, 0.15) is 11.0 Å². The van der Waals surface area contributed by atoms with Crippen molar-refractivity contribution >= 4 is 29.6 Å². The van der Waals surface area contributed by atoms with Gasteiger partial charge < -0.3 is 5.73 Å². The summed E-state index contributed by atoms with van der Waals surface area (Å²) in [6.45, 7) is 0. The standard InChI is InChI=1S/C6H5N3S.CH3N5/c10-5-3-1-2-4-6(5)8-9-7-4;2-1-3-5-6-4-1/h1-3,10H,(H,7,8,9);(H3,2,3,4,5,6). The molecule has 0 spiro atoms. The number of H-pyrrole nitrogens is 2. The third kappa shape index (κ3) is 2.25. The monoisotopic (exact) mass is 236 g/mol. The number of hydrogen-bond donors (Lipinski definition) is 4. The number of hydrogen-bond acceptors (Lipinski definition) is 7. The van der Waals surface area contributed by atoms with E-state index in [4.69, 9.17) is 5.73 Å². The van der Waals surface area contributed by atoms with Crippen molar-refractivity contribution in [2.45, 2.75) is 4.90 Å². The van der Waals surface area contributed by atoms with Gasteiger partial charge in [-0.25, -0.2) is 0 Å². The topological polar surface area (TPSA) is 122 Å². The Hall–Kier alpha value is -2.16. The summed E-state index contributed by atoms with van der Waals surface area (Å²) in [4.78, 5) is 0.853. The predicted octanol–water partition coefficient (Wildman–Crippen LogP) is 0.0285. The molecule has 0 aliphatic carbocycles. The first-order valence-electron chi connectivity index (χ1n) is 4.25. The predicted molar refractivity (Wildman–Crippen MR) is 59.7 cm³/mol. The van der Waals surface area contributed by atoms with Crippen molar-refractivity contribution in [3.63, 3.8) is 0 Å². The Balaban J connectivity index is 0.000000138. The fourth-order valence-electron chi connectivity index (χ4n) is 1.02. The van der Waals surface area contributed by atoms with Gasteiger partial charge in [-0.2, -0.15) is 20.6 Å². The molecule has 1 aromatic carbocycles. The molecule has 0 aliphatic heterocycles. The summed E-state index contributed by atoms with van der Waals surface area (Å²) >= 11 is 4.19. The molecule has 0 atom stereocenters. The summed E-state index contributed by atoms with van der Waals surface area (Å²) < 4.78 is 0. The van der Waals surface area contributed by atoms with Gasteiger partial charge in [0, 0.05) is 4.90 Å². The molecule has 16 heavy (non-hydrogen) atoms. The zero-order valence-corrected chi connectivity index (χ0v) is 8.89. The average Bonchev–Trinajstić information content (AvgIpc) is 2.90. The lowest BCUT2D eigenvalue weighted by atomic mass is 10.3. The number of tetrazole rings is 1. The molecule has 8 nitrogen and oxygen atoms in total. The van der Waals surface area contributed by atoms with E-state index in [9.17, 15) is 0 Å². The Morgan fingerprint density at radius 2 is 2.00 bits per heavy atom. The average molecular weight is 236 g/mol. The molecule has 2 aromatic heterocycles. The number of nitrogens with one attached hydrogen (secondary N) is 2. The third-order valence-corrected chi connectivity index (χ3v) is 2.05. The van der Waals surface area contributed by atoms with E-state index in [2.05, 4.69) is 48.7 Å². The van der Waals surface area contributed by atoms with Crippen LogP contribution in [0.1, 0.15) is 0 Å². The molecular weight excluding hydrogens is 228 g/mol. The summed E-state index contributed by atoms with van der Waals surface area (Å²) in [5.74, 6) is 0.176. The van der Waals surface area contributed by atoms with Gasteiger partial charge in [0.05, 0.1) is 0 Å².